The Balaban J connectivity index is 3.53. The fourth-order valence-corrected chi connectivity index (χ4v) is 3.42. The number of unbranched alkanes of at least 4 members (excludes halogenated alkanes) is 11. The van der Waals surface area contributed by atoms with E-state index < -0.39 is 0 Å². The molecule has 0 aromatic heterocycles. The maximum absolute atomic E-state index is 11.9. The average molecular weight is 427 g/mol. The van der Waals surface area contributed by atoms with Gasteiger partial charge in [0.2, 0.25) is 0 Å². The molecule has 1 atom stereocenters. The maximum atomic E-state index is 11.9. The maximum Gasteiger partial charge on any atom is 0.305 e. The van der Waals surface area contributed by atoms with Crippen molar-refractivity contribution in [2.75, 3.05) is 34.3 Å². The molecule has 0 fully saturated rings. The molecule has 0 radical (unpaired) electrons. The highest BCUT2D eigenvalue weighted by molar-refractivity contribution is 5.69. The number of esters is 1. The molecule has 0 bridgehead atoms. The summed E-state index contributed by atoms with van der Waals surface area (Å²) in [4.78, 5) is 22.5. The van der Waals surface area contributed by atoms with Gasteiger partial charge in [-0.15, -0.1) is 0 Å². The minimum absolute atomic E-state index is 0.137. The van der Waals surface area contributed by atoms with Crippen LogP contribution in [0.2, 0.25) is 0 Å². The molecule has 0 N–H and O–H groups in total. The van der Waals surface area contributed by atoms with Crippen molar-refractivity contribution in [1.29, 1.82) is 0 Å². The lowest BCUT2D eigenvalue weighted by molar-refractivity contribution is -0.873. The van der Waals surface area contributed by atoms with Crippen LogP contribution in [0.3, 0.4) is 0 Å². The van der Waals surface area contributed by atoms with Crippen LogP contribution in [-0.2, 0) is 19.1 Å². The molecule has 0 aliphatic rings. The number of carbonyl (C=O) groups is 2. The van der Waals surface area contributed by atoms with Crippen molar-refractivity contribution in [2.45, 2.75) is 103 Å². The van der Waals surface area contributed by atoms with Crippen molar-refractivity contribution in [1.82, 2.24) is 0 Å². The van der Waals surface area contributed by atoms with E-state index in [1.54, 1.807) is 0 Å². The predicted octanol–water partition coefficient (Wildman–Crippen LogP) is 5.81. The third-order valence-corrected chi connectivity index (χ3v) is 5.07. The minimum atomic E-state index is -0.388. The van der Waals surface area contributed by atoms with E-state index in [4.69, 9.17) is 9.47 Å². The van der Waals surface area contributed by atoms with E-state index in [0.717, 1.165) is 19.3 Å². The highest BCUT2D eigenvalue weighted by Crippen LogP contribution is 2.10. The number of quaternary nitrogens is 1. The molecule has 0 aromatic carbocycles. The van der Waals surface area contributed by atoms with Gasteiger partial charge in [0.25, 0.3) is 6.47 Å². The third kappa shape index (κ3) is 21.4. The van der Waals surface area contributed by atoms with Crippen LogP contribution in [0.5, 0.6) is 0 Å². The SMILES string of the molecule is CCCCCCCC/C=C\CCCCCCCC(=O)OCC(C[N+](C)(C)C)OC=O. The zero-order valence-electron chi connectivity index (χ0n) is 20.2. The first kappa shape index (κ1) is 28.6. The Morgan fingerprint density at radius 1 is 0.833 bits per heavy atom. The molecule has 0 rings (SSSR count). The standard InChI is InChI=1S/C25H48NO4/c1-5-6-7-8-9-10-11-12-13-14-15-16-17-18-19-20-25(28)29-22-24(30-23-27)21-26(2,3)4/h12-13,23-24H,5-11,14-22H2,1-4H3/q+1/b13-12-. The minimum Gasteiger partial charge on any atom is -0.461 e. The normalized spacial score (nSPS) is 12.8. The fourth-order valence-electron chi connectivity index (χ4n) is 3.42. The van der Waals surface area contributed by atoms with Gasteiger partial charge in [-0.1, -0.05) is 70.4 Å². The highest BCUT2D eigenvalue weighted by atomic mass is 16.6. The molecule has 0 amide bonds. The second-order valence-corrected chi connectivity index (χ2v) is 9.34. The van der Waals surface area contributed by atoms with Gasteiger partial charge in [0.15, 0.2) is 6.10 Å². The van der Waals surface area contributed by atoms with Gasteiger partial charge >= 0.3 is 5.97 Å². The fraction of sp³-hybridized carbons (Fsp3) is 0.840. The number of allylic oxidation sites excluding steroid dienone is 2. The van der Waals surface area contributed by atoms with E-state index in [1.165, 1.54) is 64.2 Å². The Hall–Kier alpha value is -1.36. The first-order chi connectivity index (χ1) is 14.4. The number of hydrogen-bond acceptors (Lipinski definition) is 4. The van der Waals surface area contributed by atoms with Crippen molar-refractivity contribution in [3.63, 3.8) is 0 Å². The molecule has 0 aromatic rings. The number of carbonyl (C=O) groups excluding carboxylic acids is 2. The summed E-state index contributed by atoms with van der Waals surface area (Å²) in [6.45, 7) is 3.43. The molecule has 1 unspecified atom stereocenters. The topological polar surface area (TPSA) is 52.6 Å². The summed E-state index contributed by atoms with van der Waals surface area (Å²) >= 11 is 0. The molecular weight excluding hydrogens is 378 g/mol. The van der Waals surface area contributed by atoms with Crippen molar-refractivity contribution in [3.05, 3.63) is 12.2 Å². The van der Waals surface area contributed by atoms with Crippen LogP contribution in [0, 0.1) is 0 Å². The van der Waals surface area contributed by atoms with E-state index in [2.05, 4.69) is 19.1 Å². The first-order valence-corrected chi connectivity index (χ1v) is 12.1. The van der Waals surface area contributed by atoms with Crippen LogP contribution in [0.1, 0.15) is 96.8 Å². The molecule has 0 spiro atoms. The molecule has 0 aliphatic heterocycles. The number of nitrogens with zero attached hydrogens (tertiary/aromatic N) is 1. The van der Waals surface area contributed by atoms with E-state index >= 15 is 0 Å². The quantitative estimate of drug-likeness (QED) is 0.0763. The van der Waals surface area contributed by atoms with E-state index in [9.17, 15) is 9.59 Å². The van der Waals surface area contributed by atoms with Gasteiger partial charge in [-0.25, -0.2) is 0 Å². The van der Waals surface area contributed by atoms with Crippen LogP contribution in [0.25, 0.3) is 0 Å². The zero-order valence-corrected chi connectivity index (χ0v) is 20.2. The summed E-state index contributed by atoms with van der Waals surface area (Å²) in [6, 6.07) is 0. The van der Waals surface area contributed by atoms with Gasteiger partial charge in [-0.2, -0.15) is 0 Å². The lowest BCUT2D eigenvalue weighted by Gasteiger charge is -2.27. The van der Waals surface area contributed by atoms with Gasteiger partial charge in [0, 0.05) is 6.42 Å². The monoisotopic (exact) mass is 426 g/mol. The Bertz CT molecular complexity index is 443. The van der Waals surface area contributed by atoms with Crippen molar-refractivity contribution in [3.8, 4) is 0 Å². The van der Waals surface area contributed by atoms with E-state index in [0.29, 0.717) is 23.9 Å². The van der Waals surface area contributed by atoms with Crippen molar-refractivity contribution in [2.24, 2.45) is 0 Å². The number of rotatable bonds is 21. The molecule has 5 nitrogen and oxygen atoms in total. The second-order valence-electron chi connectivity index (χ2n) is 9.34. The average Bonchev–Trinajstić information content (AvgIpc) is 2.68. The summed E-state index contributed by atoms with van der Waals surface area (Å²) < 4.78 is 10.9. The summed E-state index contributed by atoms with van der Waals surface area (Å²) in [7, 11) is 6.02. The number of likely N-dealkylation sites (N-methyl/N-ethyl adjacent to an activating group) is 1. The first-order valence-electron chi connectivity index (χ1n) is 12.1. The van der Waals surface area contributed by atoms with Crippen molar-refractivity contribution < 1.29 is 23.5 Å². The molecule has 0 saturated heterocycles. The predicted molar refractivity (Wildman–Crippen MR) is 124 cm³/mol. The molecular formula is C25H48NO4+. The van der Waals surface area contributed by atoms with Crippen molar-refractivity contribution >= 4 is 12.4 Å². The van der Waals surface area contributed by atoms with Gasteiger partial charge in [-0.3, -0.25) is 9.59 Å². The summed E-state index contributed by atoms with van der Waals surface area (Å²) in [5.41, 5.74) is 0. The summed E-state index contributed by atoms with van der Waals surface area (Å²) in [6.07, 6.45) is 20.8. The van der Waals surface area contributed by atoms with Crippen LogP contribution in [0.15, 0.2) is 12.2 Å². The second kappa shape index (κ2) is 19.6. The smallest absolute Gasteiger partial charge is 0.305 e. The molecule has 0 heterocycles. The van der Waals surface area contributed by atoms with Crippen LogP contribution in [0.4, 0.5) is 0 Å². The number of hydrogen-bond donors (Lipinski definition) is 0. The lowest BCUT2D eigenvalue weighted by Crippen LogP contribution is -2.44. The van der Waals surface area contributed by atoms with Gasteiger partial charge < -0.3 is 14.0 Å². The van der Waals surface area contributed by atoms with Gasteiger partial charge in [0.1, 0.15) is 13.2 Å². The summed E-state index contributed by atoms with van der Waals surface area (Å²) in [5.74, 6) is -0.200. The third-order valence-electron chi connectivity index (χ3n) is 5.07. The Morgan fingerprint density at radius 2 is 1.37 bits per heavy atom. The van der Waals surface area contributed by atoms with Gasteiger partial charge in [0.05, 0.1) is 21.1 Å². The largest absolute Gasteiger partial charge is 0.461 e. The molecule has 30 heavy (non-hydrogen) atoms. The Labute approximate surface area is 185 Å². The van der Waals surface area contributed by atoms with E-state index in [-0.39, 0.29) is 18.7 Å². The van der Waals surface area contributed by atoms with Crippen LogP contribution in [-0.4, -0.2) is 57.3 Å². The van der Waals surface area contributed by atoms with Crippen LogP contribution < -0.4 is 0 Å². The summed E-state index contributed by atoms with van der Waals surface area (Å²) in [5, 5.41) is 0. The molecule has 176 valence electrons. The zero-order chi connectivity index (χ0) is 22.5. The molecule has 5 heteroatoms. The Morgan fingerprint density at radius 3 is 1.90 bits per heavy atom. The molecule has 0 saturated carbocycles. The Kier molecular flexibility index (Phi) is 18.7. The number of ether oxygens (including phenoxy) is 2. The molecule has 0 aliphatic carbocycles. The van der Waals surface area contributed by atoms with Gasteiger partial charge in [-0.05, 0) is 32.1 Å². The van der Waals surface area contributed by atoms with Crippen LogP contribution >= 0.6 is 0 Å². The highest BCUT2D eigenvalue weighted by Gasteiger charge is 2.21. The van der Waals surface area contributed by atoms with E-state index in [1.807, 2.05) is 21.1 Å². The lowest BCUT2D eigenvalue weighted by atomic mass is 10.1.